The molecule has 0 N–H and O–H groups in total. The predicted molar refractivity (Wildman–Crippen MR) is 99.1 cm³/mol. The molecule has 1 aromatic heterocycles. The molecule has 1 unspecified atom stereocenters. The van der Waals surface area contributed by atoms with E-state index >= 15 is 0 Å². The van der Waals surface area contributed by atoms with Gasteiger partial charge in [-0.25, -0.2) is 8.42 Å². The Labute approximate surface area is 158 Å². The zero-order valence-electron chi connectivity index (χ0n) is 15.3. The van der Waals surface area contributed by atoms with E-state index in [-0.39, 0.29) is 17.3 Å². The Morgan fingerprint density at radius 3 is 2.78 bits per heavy atom. The Bertz CT molecular complexity index is 1010. The molecule has 7 nitrogen and oxygen atoms in total. The minimum absolute atomic E-state index is 0.162. The number of ether oxygens (including phenoxy) is 1. The number of rotatable bonds is 1. The van der Waals surface area contributed by atoms with Crippen LogP contribution in [0.5, 0.6) is 5.75 Å². The molecule has 0 saturated carbocycles. The summed E-state index contributed by atoms with van der Waals surface area (Å²) in [5, 5.41) is 0. The van der Waals surface area contributed by atoms with E-state index in [1.165, 1.54) is 4.31 Å². The van der Waals surface area contributed by atoms with Crippen LogP contribution in [-0.2, 0) is 10.0 Å². The van der Waals surface area contributed by atoms with Crippen molar-refractivity contribution in [2.24, 2.45) is 0 Å². The van der Waals surface area contributed by atoms with Gasteiger partial charge >= 0.3 is 0 Å². The highest BCUT2D eigenvalue weighted by Crippen LogP contribution is 2.37. The van der Waals surface area contributed by atoms with Crippen molar-refractivity contribution >= 4 is 15.9 Å². The van der Waals surface area contributed by atoms with Crippen molar-refractivity contribution in [3.8, 4) is 5.75 Å². The number of aryl methyl sites for hydroxylation is 1. The fraction of sp³-hybridized carbons (Fsp3) is 0.368. The number of likely N-dealkylation sites (tertiary alicyclic amines) is 1. The van der Waals surface area contributed by atoms with Crippen LogP contribution in [0, 0.1) is 6.92 Å². The fourth-order valence-corrected chi connectivity index (χ4v) is 5.07. The molecule has 0 aliphatic carbocycles. The largest absolute Gasteiger partial charge is 0.483 e. The Hall–Kier alpha value is -2.45. The van der Waals surface area contributed by atoms with E-state index < -0.39 is 15.6 Å². The van der Waals surface area contributed by atoms with E-state index in [1.54, 1.807) is 48.5 Å². The summed E-state index contributed by atoms with van der Waals surface area (Å²) in [7, 11) is -2.07. The second kappa shape index (κ2) is 6.31. The lowest BCUT2D eigenvalue weighted by molar-refractivity contribution is 0.0541. The third kappa shape index (κ3) is 3.08. The minimum Gasteiger partial charge on any atom is -0.483 e. The number of carbonyl (C=O) groups is 1. The number of pyridine rings is 1. The molecule has 27 heavy (non-hydrogen) atoms. The van der Waals surface area contributed by atoms with Gasteiger partial charge in [0.2, 0.25) is 10.0 Å². The first-order chi connectivity index (χ1) is 12.8. The maximum Gasteiger partial charge on any atom is 0.272 e. The van der Waals surface area contributed by atoms with Crippen molar-refractivity contribution in [2.45, 2.75) is 23.8 Å². The number of nitrogens with zero attached hydrogens (tertiary/aromatic N) is 3. The topological polar surface area (TPSA) is 79.8 Å². The van der Waals surface area contributed by atoms with Gasteiger partial charge in [0.15, 0.2) is 0 Å². The SMILES string of the molecule is Cc1ccnc(C(=O)N2CCC3(C2)CN(C)S(=O)(=O)c2ccccc2O3)c1. The van der Waals surface area contributed by atoms with E-state index in [4.69, 9.17) is 4.74 Å². The Morgan fingerprint density at radius 1 is 1.22 bits per heavy atom. The summed E-state index contributed by atoms with van der Waals surface area (Å²) in [5.41, 5.74) is 0.586. The Morgan fingerprint density at radius 2 is 2.00 bits per heavy atom. The summed E-state index contributed by atoms with van der Waals surface area (Å²) < 4.78 is 33.1. The van der Waals surface area contributed by atoms with Crippen molar-refractivity contribution in [3.63, 3.8) is 0 Å². The lowest BCUT2D eigenvalue weighted by Gasteiger charge is -2.30. The molecule has 4 rings (SSSR count). The number of aromatic nitrogens is 1. The number of carbonyl (C=O) groups excluding carboxylic acids is 1. The molecule has 1 atom stereocenters. The van der Waals surface area contributed by atoms with E-state index in [9.17, 15) is 13.2 Å². The first-order valence-corrected chi connectivity index (χ1v) is 10.2. The van der Waals surface area contributed by atoms with Crippen LogP contribution in [0.1, 0.15) is 22.5 Å². The molecular weight excluding hydrogens is 366 g/mol. The van der Waals surface area contributed by atoms with Crippen LogP contribution in [-0.4, -0.2) is 60.8 Å². The highest BCUT2D eigenvalue weighted by molar-refractivity contribution is 7.89. The van der Waals surface area contributed by atoms with Gasteiger partial charge in [-0.05, 0) is 36.8 Å². The lowest BCUT2D eigenvalue weighted by atomic mass is 10.0. The van der Waals surface area contributed by atoms with Crippen LogP contribution in [0.3, 0.4) is 0 Å². The smallest absolute Gasteiger partial charge is 0.272 e. The van der Waals surface area contributed by atoms with Crippen molar-refractivity contribution in [2.75, 3.05) is 26.7 Å². The van der Waals surface area contributed by atoms with Crippen molar-refractivity contribution < 1.29 is 17.9 Å². The highest BCUT2D eigenvalue weighted by Gasteiger charge is 2.48. The van der Waals surface area contributed by atoms with Crippen LogP contribution in [0.15, 0.2) is 47.5 Å². The number of sulfonamides is 1. The molecule has 0 bridgehead atoms. The van der Waals surface area contributed by atoms with Crippen LogP contribution in [0.25, 0.3) is 0 Å². The van der Waals surface area contributed by atoms with Crippen molar-refractivity contribution in [1.82, 2.24) is 14.2 Å². The number of hydrogen-bond acceptors (Lipinski definition) is 5. The molecule has 3 heterocycles. The van der Waals surface area contributed by atoms with Crippen LogP contribution in [0.2, 0.25) is 0 Å². The number of hydrogen-bond donors (Lipinski definition) is 0. The Balaban J connectivity index is 1.65. The molecular formula is C19H21N3O4S. The normalized spacial score (nSPS) is 24.3. The predicted octanol–water partition coefficient (Wildman–Crippen LogP) is 1.69. The molecule has 8 heteroatoms. The van der Waals surface area contributed by atoms with Crippen LogP contribution >= 0.6 is 0 Å². The lowest BCUT2D eigenvalue weighted by Crippen LogP contribution is -2.48. The summed E-state index contributed by atoms with van der Waals surface area (Å²) in [4.78, 5) is 18.9. The molecule has 0 radical (unpaired) electrons. The van der Waals surface area contributed by atoms with Gasteiger partial charge in [0.25, 0.3) is 5.91 Å². The minimum atomic E-state index is -3.62. The average Bonchev–Trinajstić information content (AvgIpc) is 3.01. The second-order valence-electron chi connectivity index (χ2n) is 7.19. The van der Waals surface area contributed by atoms with Gasteiger partial charge in [0, 0.05) is 26.2 Å². The summed E-state index contributed by atoms with van der Waals surface area (Å²) in [5.74, 6) is 0.173. The van der Waals surface area contributed by atoms with Crippen molar-refractivity contribution in [1.29, 1.82) is 0 Å². The monoisotopic (exact) mass is 387 g/mol. The van der Waals surface area contributed by atoms with Crippen LogP contribution < -0.4 is 4.74 Å². The molecule has 1 spiro atoms. The molecule has 1 saturated heterocycles. The zero-order valence-corrected chi connectivity index (χ0v) is 16.1. The summed E-state index contributed by atoms with van der Waals surface area (Å²) in [6, 6.07) is 10.2. The molecule has 2 aromatic rings. The average molecular weight is 387 g/mol. The van der Waals surface area contributed by atoms with Gasteiger partial charge in [-0.15, -0.1) is 0 Å². The standard InChI is InChI=1S/C19H21N3O4S/c1-14-7-9-20-15(11-14)18(23)22-10-8-19(13-22)12-21(2)27(24,25)17-6-4-3-5-16(17)26-19/h3-7,9,11H,8,10,12-13H2,1-2H3. The van der Waals surface area contributed by atoms with Crippen molar-refractivity contribution in [3.05, 3.63) is 53.9 Å². The first-order valence-electron chi connectivity index (χ1n) is 8.77. The number of amides is 1. The van der Waals surface area contributed by atoms with Gasteiger partial charge in [0.05, 0.1) is 13.1 Å². The third-order valence-corrected chi connectivity index (χ3v) is 6.96. The van der Waals surface area contributed by atoms with Gasteiger partial charge < -0.3 is 9.64 Å². The molecule has 1 aromatic carbocycles. The molecule has 2 aliphatic heterocycles. The Kier molecular flexibility index (Phi) is 4.20. The fourth-order valence-electron chi connectivity index (χ4n) is 3.72. The maximum absolute atomic E-state index is 12.8. The molecule has 1 fully saturated rings. The molecule has 2 aliphatic rings. The maximum atomic E-state index is 12.8. The number of para-hydroxylation sites is 1. The third-order valence-electron chi connectivity index (χ3n) is 5.11. The summed E-state index contributed by atoms with van der Waals surface area (Å²) >= 11 is 0. The zero-order chi connectivity index (χ0) is 19.2. The second-order valence-corrected chi connectivity index (χ2v) is 9.20. The van der Waals surface area contributed by atoms with Gasteiger partial charge in [-0.1, -0.05) is 12.1 Å². The van der Waals surface area contributed by atoms with Gasteiger partial charge in [-0.2, -0.15) is 4.31 Å². The van der Waals surface area contributed by atoms with E-state index in [0.717, 1.165) is 5.56 Å². The van der Waals surface area contributed by atoms with E-state index in [0.29, 0.717) is 31.0 Å². The number of fused-ring (bicyclic) bond motifs is 1. The highest BCUT2D eigenvalue weighted by atomic mass is 32.2. The van der Waals surface area contributed by atoms with Crippen LogP contribution in [0.4, 0.5) is 0 Å². The molecule has 142 valence electrons. The quantitative estimate of drug-likeness (QED) is 0.744. The van der Waals surface area contributed by atoms with E-state index in [1.807, 2.05) is 13.0 Å². The summed E-state index contributed by atoms with van der Waals surface area (Å²) in [6.45, 7) is 2.91. The summed E-state index contributed by atoms with van der Waals surface area (Å²) in [6.07, 6.45) is 2.17. The van der Waals surface area contributed by atoms with E-state index in [2.05, 4.69) is 4.98 Å². The number of benzene rings is 1. The van der Waals surface area contributed by atoms with Gasteiger partial charge in [0.1, 0.15) is 21.9 Å². The number of likely N-dealkylation sites (N-methyl/N-ethyl adjacent to an activating group) is 1. The first kappa shape index (κ1) is 17.9. The van der Waals surface area contributed by atoms with Gasteiger partial charge in [-0.3, -0.25) is 9.78 Å². The molecule has 1 amide bonds.